The van der Waals surface area contributed by atoms with Gasteiger partial charge in [0.05, 0.1) is 10.8 Å². The summed E-state index contributed by atoms with van der Waals surface area (Å²) in [5.74, 6) is -0.167. The molecule has 2 aromatic rings. The van der Waals surface area contributed by atoms with Crippen molar-refractivity contribution in [3.05, 3.63) is 29.7 Å². The molecule has 0 saturated carbocycles. The Balaban J connectivity index is 1.92. The van der Waals surface area contributed by atoms with E-state index in [1.807, 2.05) is 6.07 Å². The number of hydrogen-bond donors (Lipinski definition) is 2. The van der Waals surface area contributed by atoms with Gasteiger partial charge >= 0.3 is 0 Å². The SMILES string of the molecule is C=CCNc1nnc(S[C@H](C)C(=O)Nc2sccc2C#N)s1. The number of nitriles is 1. The maximum absolute atomic E-state index is 12.2. The molecule has 0 aliphatic rings. The summed E-state index contributed by atoms with van der Waals surface area (Å²) >= 11 is 4.05. The lowest BCUT2D eigenvalue weighted by molar-refractivity contribution is -0.115. The summed E-state index contributed by atoms with van der Waals surface area (Å²) in [6, 6.07) is 3.73. The average molecular weight is 351 g/mol. The predicted molar refractivity (Wildman–Crippen MR) is 91.6 cm³/mol. The third-order valence-corrected chi connectivity index (χ3v) is 5.37. The fraction of sp³-hybridized carbons (Fsp3) is 0.231. The molecule has 0 aromatic carbocycles. The van der Waals surface area contributed by atoms with Gasteiger partial charge < -0.3 is 10.6 Å². The molecule has 114 valence electrons. The zero-order valence-corrected chi connectivity index (χ0v) is 14.1. The van der Waals surface area contributed by atoms with Crippen molar-refractivity contribution in [2.24, 2.45) is 0 Å². The molecule has 9 heteroatoms. The van der Waals surface area contributed by atoms with Crippen LogP contribution in [0.15, 0.2) is 28.4 Å². The minimum absolute atomic E-state index is 0.167. The molecule has 2 heterocycles. The van der Waals surface area contributed by atoms with Crippen LogP contribution >= 0.6 is 34.4 Å². The Labute approximate surface area is 140 Å². The number of nitrogens with one attached hydrogen (secondary N) is 2. The highest BCUT2D eigenvalue weighted by Crippen LogP contribution is 2.30. The minimum Gasteiger partial charge on any atom is -0.357 e. The lowest BCUT2D eigenvalue weighted by Crippen LogP contribution is -2.22. The van der Waals surface area contributed by atoms with Gasteiger partial charge in [0.15, 0.2) is 4.34 Å². The van der Waals surface area contributed by atoms with Crippen LogP contribution in [0.5, 0.6) is 0 Å². The first kappa shape index (κ1) is 16.5. The monoisotopic (exact) mass is 351 g/mol. The molecule has 0 saturated heterocycles. The zero-order valence-electron chi connectivity index (χ0n) is 11.7. The standard InChI is InChI=1S/C13H13N5OS3/c1-3-5-15-12-17-18-13(22-12)21-8(2)10(19)16-11-9(7-14)4-6-20-11/h3-4,6,8H,1,5H2,2H3,(H,15,17)(H,16,19)/t8-/m1/s1. The van der Waals surface area contributed by atoms with Gasteiger partial charge in [-0.05, 0) is 18.4 Å². The van der Waals surface area contributed by atoms with Crippen LogP contribution in [0, 0.1) is 11.3 Å². The number of anilines is 2. The fourth-order valence-corrected chi connectivity index (χ4v) is 4.04. The van der Waals surface area contributed by atoms with Crippen molar-refractivity contribution in [3.63, 3.8) is 0 Å². The zero-order chi connectivity index (χ0) is 15.9. The number of thioether (sulfide) groups is 1. The van der Waals surface area contributed by atoms with Gasteiger partial charge in [0, 0.05) is 6.54 Å². The number of carbonyl (C=O) groups excluding carboxylic acids is 1. The van der Waals surface area contributed by atoms with Gasteiger partial charge in [-0.2, -0.15) is 5.26 Å². The van der Waals surface area contributed by atoms with Crippen molar-refractivity contribution in [3.8, 4) is 6.07 Å². The highest BCUT2D eigenvalue weighted by Gasteiger charge is 2.18. The molecule has 1 amide bonds. The van der Waals surface area contributed by atoms with E-state index >= 15 is 0 Å². The second-order valence-electron chi connectivity index (χ2n) is 4.07. The predicted octanol–water partition coefficient (Wildman–Crippen LogP) is 3.19. The van der Waals surface area contributed by atoms with Gasteiger partial charge in [0.1, 0.15) is 11.1 Å². The Morgan fingerprint density at radius 3 is 3.18 bits per heavy atom. The largest absolute Gasteiger partial charge is 0.357 e. The maximum atomic E-state index is 12.2. The van der Waals surface area contributed by atoms with E-state index in [2.05, 4.69) is 27.4 Å². The van der Waals surface area contributed by atoms with E-state index in [1.54, 1.807) is 24.4 Å². The van der Waals surface area contributed by atoms with E-state index in [9.17, 15) is 4.79 Å². The van der Waals surface area contributed by atoms with E-state index in [1.165, 1.54) is 34.4 Å². The lowest BCUT2D eigenvalue weighted by atomic mass is 10.3. The Bertz CT molecular complexity index is 703. The fourth-order valence-electron chi connectivity index (χ4n) is 1.40. The number of thiophene rings is 1. The Hall–Kier alpha value is -1.89. The molecule has 0 aliphatic heterocycles. The molecule has 2 N–H and O–H groups in total. The summed E-state index contributed by atoms with van der Waals surface area (Å²) in [6.07, 6.45) is 1.73. The summed E-state index contributed by atoms with van der Waals surface area (Å²) in [7, 11) is 0. The van der Waals surface area contributed by atoms with Crippen LogP contribution in [-0.4, -0.2) is 27.9 Å². The Kier molecular flexibility index (Phi) is 5.94. The molecule has 0 radical (unpaired) electrons. The summed E-state index contributed by atoms with van der Waals surface area (Å²) < 4.78 is 0.709. The third-order valence-electron chi connectivity index (χ3n) is 2.47. The first-order valence-corrected chi connectivity index (χ1v) is 8.85. The number of aromatic nitrogens is 2. The number of carbonyl (C=O) groups is 1. The van der Waals surface area contributed by atoms with Crippen LogP contribution in [0.25, 0.3) is 0 Å². The van der Waals surface area contributed by atoms with E-state index < -0.39 is 0 Å². The van der Waals surface area contributed by atoms with E-state index in [4.69, 9.17) is 5.26 Å². The number of nitrogens with zero attached hydrogens (tertiary/aromatic N) is 3. The van der Waals surface area contributed by atoms with Crippen LogP contribution in [-0.2, 0) is 4.79 Å². The summed E-state index contributed by atoms with van der Waals surface area (Å²) in [5, 5.41) is 25.5. The molecule has 0 spiro atoms. The molecule has 0 bridgehead atoms. The molecule has 0 aliphatic carbocycles. The lowest BCUT2D eigenvalue weighted by Gasteiger charge is -2.08. The highest BCUT2D eigenvalue weighted by molar-refractivity contribution is 8.02. The van der Waals surface area contributed by atoms with Crippen molar-refractivity contribution < 1.29 is 4.79 Å². The molecule has 2 aromatic heterocycles. The smallest absolute Gasteiger partial charge is 0.238 e. The van der Waals surface area contributed by atoms with Crippen LogP contribution in [0.4, 0.5) is 10.1 Å². The van der Waals surface area contributed by atoms with Gasteiger partial charge in [-0.15, -0.1) is 28.1 Å². The summed E-state index contributed by atoms with van der Waals surface area (Å²) in [4.78, 5) is 12.2. The minimum atomic E-state index is -0.339. The van der Waals surface area contributed by atoms with Crippen molar-refractivity contribution in [1.82, 2.24) is 10.2 Å². The van der Waals surface area contributed by atoms with Crippen LogP contribution in [0.3, 0.4) is 0 Å². The van der Waals surface area contributed by atoms with Crippen LogP contribution in [0.2, 0.25) is 0 Å². The second kappa shape index (κ2) is 7.93. The van der Waals surface area contributed by atoms with Crippen molar-refractivity contribution in [1.29, 1.82) is 5.26 Å². The van der Waals surface area contributed by atoms with Crippen molar-refractivity contribution in [2.75, 3.05) is 17.2 Å². The van der Waals surface area contributed by atoms with E-state index in [-0.39, 0.29) is 11.2 Å². The molecule has 1 atom stereocenters. The van der Waals surface area contributed by atoms with E-state index in [0.29, 0.717) is 26.6 Å². The average Bonchev–Trinajstić information content (AvgIpc) is 3.14. The quantitative estimate of drug-likeness (QED) is 0.588. The number of amides is 1. The first-order valence-electron chi connectivity index (χ1n) is 6.27. The first-order chi connectivity index (χ1) is 10.6. The molecular formula is C13H13N5OS3. The van der Waals surface area contributed by atoms with Crippen molar-refractivity contribution >= 4 is 50.5 Å². The van der Waals surface area contributed by atoms with Crippen LogP contribution < -0.4 is 10.6 Å². The van der Waals surface area contributed by atoms with Gasteiger partial charge in [-0.1, -0.05) is 29.2 Å². The molecule has 0 unspecified atom stereocenters. The van der Waals surface area contributed by atoms with Gasteiger partial charge in [-0.3, -0.25) is 4.79 Å². The third kappa shape index (κ3) is 4.30. The number of hydrogen-bond acceptors (Lipinski definition) is 8. The topological polar surface area (TPSA) is 90.7 Å². The molecule has 22 heavy (non-hydrogen) atoms. The molecular weight excluding hydrogens is 338 g/mol. The van der Waals surface area contributed by atoms with Gasteiger partial charge in [0.25, 0.3) is 0 Å². The van der Waals surface area contributed by atoms with Gasteiger partial charge in [-0.25, -0.2) is 0 Å². The summed E-state index contributed by atoms with van der Waals surface area (Å²) in [6.45, 7) is 6.02. The van der Waals surface area contributed by atoms with Crippen LogP contribution in [0.1, 0.15) is 12.5 Å². The molecule has 2 rings (SSSR count). The molecule has 6 nitrogen and oxygen atoms in total. The Morgan fingerprint density at radius 2 is 2.45 bits per heavy atom. The second-order valence-corrected chi connectivity index (χ2v) is 7.55. The van der Waals surface area contributed by atoms with Gasteiger partial charge in [0.2, 0.25) is 11.0 Å². The normalized spacial score (nSPS) is 11.5. The highest BCUT2D eigenvalue weighted by atomic mass is 32.2. The summed E-state index contributed by atoms with van der Waals surface area (Å²) in [5.41, 5.74) is 0.474. The maximum Gasteiger partial charge on any atom is 0.238 e. The Morgan fingerprint density at radius 1 is 1.64 bits per heavy atom. The number of rotatable bonds is 7. The van der Waals surface area contributed by atoms with E-state index in [0.717, 1.165) is 0 Å². The molecule has 0 fully saturated rings. The van der Waals surface area contributed by atoms with Crippen molar-refractivity contribution in [2.45, 2.75) is 16.5 Å².